The van der Waals surface area contributed by atoms with Gasteiger partial charge in [0.2, 0.25) is 5.78 Å². The van der Waals surface area contributed by atoms with Gasteiger partial charge < -0.3 is 9.94 Å². The Morgan fingerprint density at radius 1 is 1.14 bits per heavy atom. The molecule has 0 saturated heterocycles. The van der Waals surface area contributed by atoms with Crippen LogP contribution in [0.2, 0.25) is 0 Å². The van der Waals surface area contributed by atoms with E-state index in [2.05, 4.69) is 4.84 Å². The van der Waals surface area contributed by atoms with Crippen molar-refractivity contribution in [1.29, 1.82) is 0 Å². The van der Waals surface area contributed by atoms with E-state index in [4.69, 9.17) is 5.90 Å². The number of carbonyl (C=O) groups excluding carboxylic acids is 2. The maximum absolute atomic E-state index is 13.5. The zero-order valence-corrected chi connectivity index (χ0v) is 15.2. The molecule has 3 N–H and O–H groups in total. The van der Waals surface area contributed by atoms with E-state index in [-0.39, 0.29) is 23.1 Å². The second-order valence-corrected chi connectivity index (χ2v) is 5.98. The molecule has 0 radical (unpaired) electrons. The lowest BCUT2D eigenvalue weighted by molar-refractivity contribution is -0.139. The zero-order chi connectivity index (χ0) is 21.8. The molecule has 2 aromatic carbocycles. The predicted molar refractivity (Wildman–Crippen MR) is 95.6 cm³/mol. The molecule has 0 aliphatic rings. The second kappa shape index (κ2) is 8.97. The van der Waals surface area contributed by atoms with Crippen LogP contribution < -0.4 is 5.90 Å². The Labute approximate surface area is 163 Å². The lowest BCUT2D eigenvalue weighted by Crippen LogP contribution is -2.21. The van der Waals surface area contributed by atoms with Crippen LogP contribution in [0.25, 0.3) is 5.57 Å². The summed E-state index contributed by atoms with van der Waals surface area (Å²) in [7, 11) is 0. The van der Waals surface area contributed by atoms with Gasteiger partial charge >= 0.3 is 12.1 Å². The Balaban J connectivity index is 2.73. The molecule has 0 bridgehead atoms. The van der Waals surface area contributed by atoms with E-state index < -0.39 is 47.1 Å². The van der Waals surface area contributed by atoms with Gasteiger partial charge in [-0.15, -0.1) is 0 Å². The molecule has 29 heavy (non-hydrogen) atoms. The molecule has 0 amide bonds. The fourth-order valence-electron chi connectivity index (χ4n) is 2.88. The average molecular weight is 411 g/mol. The summed E-state index contributed by atoms with van der Waals surface area (Å²) >= 11 is 0. The summed E-state index contributed by atoms with van der Waals surface area (Å²) in [4.78, 5) is 29.4. The standard InChI is InChI=1S/C20H17F4NO4/c1-2-15(16-7-6-14(21)9-12(16)10-26)17(19(28)29-25)18(27)11-4-3-5-13(8-11)20(22,23)24/h3-9,26H,2,10,25H2,1H3. The number of hydrogen-bond donors (Lipinski definition) is 2. The smallest absolute Gasteiger partial charge is 0.392 e. The highest BCUT2D eigenvalue weighted by Gasteiger charge is 2.32. The zero-order valence-electron chi connectivity index (χ0n) is 15.2. The first-order chi connectivity index (χ1) is 13.6. The highest BCUT2D eigenvalue weighted by atomic mass is 19.4. The molecule has 0 heterocycles. The van der Waals surface area contributed by atoms with Crippen molar-refractivity contribution in [2.24, 2.45) is 5.90 Å². The number of Topliss-reactive ketones (excluding diaryl/α,β-unsaturated/α-hetero) is 1. The van der Waals surface area contributed by atoms with Crippen molar-refractivity contribution in [3.05, 3.63) is 76.1 Å². The van der Waals surface area contributed by atoms with Crippen LogP contribution in [0.1, 0.15) is 40.4 Å². The minimum Gasteiger partial charge on any atom is -0.392 e. The van der Waals surface area contributed by atoms with E-state index in [0.29, 0.717) is 6.07 Å². The first-order valence-electron chi connectivity index (χ1n) is 8.39. The Bertz CT molecular complexity index is 967. The highest BCUT2D eigenvalue weighted by molar-refractivity contribution is 6.28. The number of hydrogen-bond acceptors (Lipinski definition) is 5. The number of nitrogens with two attached hydrogens (primary N) is 1. The number of benzene rings is 2. The van der Waals surface area contributed by atoms with Gasteiger partial charge in [-0.2, -0.15) is 19.1 Å². The van der Waals surface area contributed by atoms with Crippen molar-refractivity contribution in [2.45, 2.75) is 26.1 Å². The number of allylic oxidation sites excluding steroid dienone is 1. The summed E-state index contributed by atoms with van der Waals surface area (Å²) in [6, 6.07) is 6.87. The van der Waals surface area contributed by atoms with Gasteiger partial charge in [0.15, 0.2) is 0 Å². The topological polar surface area (TPSA) is 89.6 Å². The Hall–Kier alpha value is -3.04. The van der Waals surface area contributed by atoms with E-state index in [1.807, 2.05) is 0 Å². The Kier molecular flexibility index (Phi) is 6.89. The van der Waals surface area contributed by atoms with E-state index in [1.54, 1.807) is 6.92 Å². The first-order valence-corrected chi connectivity index (χ1v) is 8.39. The van der Waals surface area contributed by atoms with E-state index >= 15 is 0 Å². The maximum atomic E-state index is 13.5. The molecule has 0 aromatic heterocycles. The molecule has 0 aliphatic carbocycles. The number of alkyl halides is 3. The fourth-order valence-corrected chi connectivity index (χ4v) is 2.88. The molecular formula is C20H17F4NO4. The molecule has 0 atom stereocenters. The molecule has 0 aliphatic heterocycles. The Morgan fingerprint density at radius 3 is 2.38 bits per heavy atom. The third-order valence-electron chi connectivity index (χ3n) is 4.21. The molecule has 0 spiro atoms. The quantitative estimate of drug-likeness (QED) is 0.189. The van der Waals surface area contributed by atoms with Crippen molar-refractivity contribution < 1.29 is 37.1 Å². The largest absolute Gasteiger partial charge is 0.416 e. The normalized spacial score (nSPS) is 12.4. The van der Waals surface area contributed by atoms with Crippen LogP contribution in [-0.4, -0.2) is 16.9 Å². The number of aliphatic hydroxyl groups excluding tert-OH is 1. The van der Waals surface area contributed by atoms with Gasteiger partial charge in [0.05, 0.1) is 12.2 Å². The first kappa shape index (κ1) is 22.3. The predicted octanol–water partition coefficient (Wildman–Crippen LogP) is 3.80. The van der Waals surface area contributed by atoms with Gasteiger partial charge in [-0.3, -0.25) is 4.79 Å². The highest BCUT2D eigenvalue weighted by Crippen LogP contribution is 2.32. The van der Waals surface area contributed by atoms with Gasteiger partial charge in [-0.05, 0) is 47.4 Å². The minimum atomic E-state index is -4.69. The lowest BCUT2D eigenvalue weighted by atomic mass is 9.89. The average Bonchev–Trinajstić information content (AvgIpc) is 2.70. The summed E-state index contributed by atoms with van der Waals surface area (Å²) in [6.07, 6.45) is -4.64. The SMILES string of the molecule is CCC(=C(C(=O)ON)C(=O)c1cccc(C(F)(F)F)c1)c1ccc(F)cc1CO. The molecule has 154 valence electrons. The van der Waals surface area contributed by atoms with E-state index in [1.165, 1.54) is 6.07 Å². The van der Waals surface area contributed by atoms with Crippen LogP contribution in [0.3, 0.4) is 0 Å². The van der Waals surface area contributed by atoms with Gasteiger partial charge in [0.1, 0.15) is 11.4 Å². The number of aliphatic hydroxyl groups is 1. The maximum Gasteiger partial charge on any atom is 0.416 e. The van der Waals surface area contributed by atoms with Crippen molar-refractivity contribution in [2.75, 3.05) is 0 Å². The monoisotopic (exact) mass is 411 g/mol. The van der Waals surface area contributed by atoms with Crippen LogP contribution in [0.4, 0.5) is 17.6 Å². The third-order valence-corrected chi connectivity index (χ3v) is 4.21. The van der Waals surface area contributed by atoms with E-state index in [0.717, 1.165) is 30.3 Å². The van der Waals surface area contributed by atoms with Crippen molar-refractivity contribution in [3.63, 3.8) is 0 Å². The second-order valence-electron chi connectivity index (χ2n) is 5.98. The molecule has 0 unspecified atom stereocenters. The number of ketones is 1. The minimum absolute atomic E-state index is 0.0481. The summed E-state index contributed by atoms with van der Waals surface area (Å²) in [6.45, 7) is 0.975. The van der Waals surface area contributed by atoms with Crippen molar-refractivity contribution in [1.82, 2.24) is 0 Å². The molecule has 5 nitrogen and oxygen atoms in total. The van der Waals surface area contributed by atoms with Crippen LogP contribution in [0.15, 0.2) is 48.0 Å². The summed E-state index contributed by atoms with van der Waals surface area (Å²) in [5, 5.41) is 9.51. The molecular weight excluding hydrogens is 394 g/mol. The number of halogens is 4. The van der Waals surface area contributed by atoms with Crippen LogP contribution in [-0.2, 0) is 22.4 Å². The summed E-state index contributed by atoms with van der Waals surface area (Å²) < 4.78 is 52.5. The van der Waals surface area contributed by atoms with E-state index in [9.17, 15) is 32.3 Å². The van der Waals surface area contributed by atoms with Gasteiger partial charge in [0, 0.05) is 5.56 Å². The summed E-state index contributed by atoms with van der Waals surface area (Å²) in [5.74, 6) is 1.96. The van der Waals surface area contributed by atoms with Gasteiger partial charge in [0.25, 0.3) is 0 Å². The fraction of sp³-hybridized carbons (Fsp3) is 0.200. The molecule has 0 saturated carbocycles. The molecule has 0 fully saturated rings. The molecule has 9 heteroatoms. The van der Waals surface area contributed by atoms with Gasteiger partial charge in [-0.25, -0.2) is 9.18 Å². The lowest BCUT2D eigenvalue weighted by Gasteiger charge is -2.15. The van der Waals surface area contributed by atoms with Crippen molar-refractivity contribution >= 4 is 17.3 Å². The number of rotatable bonds is 6. The van der Waals surface area contributed by atoms with Crippen molar-refractivity contribution in [3.8, 4) is 0 Å². The van der Waals surface area contributed by atoms with Crippen LogP contribution >= 0.6 is 0 Å². The molecule has 2 aromatic rings. The van der Waals surface area contributed by atoms with Crippen LogP contribution in [0.5, 0.6) is 0 Å². The molecule has 2 rings (SSSR count). The Morgan fingerprint density at radius 2 is 1.83 bits per heavy atom. The van der Waals surface area contributed by atoms with Crippen LogP contribution in [0, 0.1) is 5.82 Å². The van der Waals surface area contributed by atoms with Gasteiger partial charge in [-0.1, -0.05) is 25.1 Å². The summed E-state index contributed by atoms with van der Waals surface area (Å²) in [5.41, 5.74) is -1.76. The number of carbonyl (C=O) groups is 2. The third kappa shape index (κ3) is 4.87.